The zero-order valence-corrected chi connectivity index (χ0v) is 13.4. The van der Waals surface area contributed by atoms with Gasteiger partial charge in [-0.3, -0.25) is 0 Å². The average Bonchev–Trinajstić information content (AvgIpc) is 3.17. The van der Waals surface area contributed by atoms with Crippen molar-refractivity contribution in [3.05, 3.63) is 66.3 Å². The van der Waals surface area contributed by atoms with Crippen LogP contribution >= 0.6 is 0 Å². The van der Waals surface area contributed by atoms with Gasteiger partial charge >= 0.3 is 0 Å². The third kappa shape index (κ3) is 3.48. The maximum Gasteiger partial charge on any atom is 0.146 e. The number of nitrogens with zero attached hydrogens (tertiary/aromatic N) is 5. The van der Waals surface area contributed by atoms with E-state index in [1.807, 2.05) is 45.8 Å². The van der Waals surface area contributed by atoms with E-state index in [9.17, 15) is 5.11 Å². The van der Waals surface area contributed by atoms with E-state index in [1.165, 1.54) is 0 Å². The van der Waals surface area contributed by atoms with Crippen LogP contribution in [0.15, 0.2) is 49.1 Å². The van der Waals surface area contributed by atoms with Crippen LogP contribution in [0.4, 0.5) is 0 Å². The summed E-state index contributed by atoms with van der Waals surface area (Å²) in [5.74, 6) is 1.96. The first kappa shape index (κ1) is 15.4. The third-order valence-electron chi connectivity index (χ3n) is 3.65. The summed E-state index contributed by atoms with van der Waals surface area (Å²) in [4.78, 5) is 8.66. The fourth-order valence-corrected chi connectivity index (χ4v) is 2.55. The van der Waals surface area contributed by atoms with Gasteiger partial charge < -0.3 is 9.67 Å². The van der Waals surface area contributed by atoms with Gasteiger partial charge in [-0.25, -0.2) is 14.6 Å². The van der Waals surface area contributed by atoms with E-state index >= 15 is 0 Å². The predicted octanol–water partition coefficient (Wildman–Crippen LogP) is 2.26. The first-order chi connectivity index (χ1) is 11.1. The summed E-state index contributed by atoms with van der Waals surface area (Å²) >= 11 is 0. The molecule has 2 aromatic heterocycles. The van der Waals surface area contributed by atoms with Crippen LogP contribution in [0.5, 0.6) is 0 Å². The molecule has 120 valence electrons. The Labute approximate surface area is 135 Å². The number of imidazole rings is 1. The first-order valence-corrected chi connectivity index (χ1v) is 7.76. The van der Waals surface area contributed by atoms with Gasteiger partial charge in [-0.15, -0.1) is 0 Å². The number of hydrogen-bond donors (Lipinski definition) is 1. The van der Waals surface area contributed by atoms with Crippen molar-refractivity contribution in [2.45, 2.75) is 33.0 Å². The van der Waals surface area contributed by atoms with Crippen LogP contribution in [-0.4, -0.2) is 29.4 Å². The number of hydrogen-bond acceptors (Lipinski definition) is 4. The van der Waals surface area contributed by atoms with Gasteiger partial charge in [0.2, 0.25) is 0 Å². The molecule has 23 heavy (non-hydrogen) atoms. The van der Waals surface area contributed by atoms with Gasteiger partial charge in [-0.1, -0.05) is 44.2 Å². The van der Waals surface area contributed by atoms with E-state index in [4.69, 9.17) is 0 Å². The summed E-state index contributed by atoms with van der Waals surface area (Å²) in [5.41, 5.74) is 0.823. The summed E-state index contributed by atoms with van der Waals surface area (Å²) < 4.78 is 3.82. The predicted molar refractivity (Wildman–Crippen MR) is 86.7 cm³/mol. The lowest BCUT2D eigenvalue weighted by Gasteiger charge is -2.14. The molecule has 0 aliphatic carbocycles. The Bertz CT molecular complexity index is 747. The normalized spacial score (nSPS) is 12.7. The molecule has 1 N–H and O–H groups in total. The molecule has 0 radical (unpaired) electrons. The Morgan fingerprint density at radius 3 is 2.65 bits per heavy atom. The average molecular weight is 311 g/mol. The van der Waals surface area contributed by atoms with E-state index in [0.29, 0.717) is 18.3 Å². The van der Waals surface area contributed by atoms with Crippen LogP contribution in [0.2, 0.25) is 0 Å². The minimum atomic E-state index is -0.757. The van der Waals surface area contributed by atoms with E-state index in [-0.39, 0.29) is 0 Å². The van der Waals surface area contributed by atoms with E-state index in [0.717, 1.165) is 17.9 Å². The molecular weight excluding hydrogens is 290 g/mol. The lowest BCUT2D eigenvalue weighted by molar-refractivity contribution is 0.205. The Morgan fingerprint density at radius 1 is 1.13 bits per heavy atom. The van der Waals surface area contributed by atoms with Crippen LogP contribution in [-0.2, 0) is 13.1 Å². The Balaban J connectivity index is 1.83. The molecule has 0 bridgehead atoms. The van der Waals surface area contributed by atoms with Crippen molar-refractivity contribution in [3.8, 4) is 0 Å². The number of benzene rings is 1. The molecule has 0 aliphatic heterocycles. The minimum absolute atomic E-state index is 0.493. The van der Waals surface area contributed by atoms with Gasteiger partial charge in [0.05, 0.1) is 6.54 Å². The number of aromatic nitrogens is 5. The highest BCUT2D eigenvalue weighted by atomic mass is 16.3. The van der Waals surface area contributed by atoms with Crippen molar-refractivity contribution in [1.82, 2.24) is 24.3 Å². The topological polar surface area (TPSA) is 68.8 Å². The molecule has 3 aromatic rings. The zero-order chi connectivity index (χ0) is 16.2. The summed E-state index contributed by atoms with van der Waals surface area (Å²) in [6.07, 6.45) is 4.37. The van der Waals surface area contributed by atoms with Gasteiger partial charge in [0.15, 0.2) is 0 Å². The second kappa shape index (κ2) is 6.75. The van der Waals surface area contributed by atoms with Gasteiger partial charge in [0.25, 0.3) is 0 Å². The van der Waals surface area contributed by atoms with Crippen molar-refractivity contribution < 1.29 is 5.11 Å². The smallest absolute Gasteiger partial charge is 0.146 e. The number of aliphatic hydroxyl groups is 1. The monoisotopic (exact) mass is 311 g/mol. The molecule has 0 saturated heterocycles. The molecule has 0 saturated carbocycles. The highest BCUT2D eigenvalue weighted by Gasteiger charge is 2.17. The molecule has 2 heterocycles. The van der Waals surface area contributed by atoms with E-state index in [1.54, 1.807) is 12.5 Å². The largest absolute Gasteiger partial charge is 0.380 e. The van der Waals surface area contributed by atoms with Crippen LogP contribution in [0.3, 0.4) is 0 Å². The van der Waals surface area contributed by atoms with Gasteiger partial charge in [0.1, 0.15) is 24.1 Å². The van der Waals surface area contributed by atoms with E-state index < -0.39 is 6.10 Å². The molecule has 0 unspecified atom stereocenters. The summed E-state index contributed by atoms with van der Waals surface area (Å²) in [6.45, 7) is 5.65. The number of aliphatic hydroxyl groups excluding tert-OH is 1. The minimum Gasteiger partial charge on any atom is -0.380 e. The highest BCUT2D eigenvalue weighted by Crippen LogP contribution is 2.20. The fourth-order valence-electron chi connectivity index (χ4n) is 2.55. The van der Waals surface area contributed by atoms with Crippen LogP contribution in [0, 0.1) is 5.92 Å². The standard InChI is InChI=1S/C17H21N5O/c1-13(2)10-22-15(19-12-20-22)11-21-9-8-18-17(21)16(23)14-6-4-3-5-7-14/h3-9,12-13,16,23H,10-11H2,1-2H3/t16-/m1/s1. The lowest BCUT2D eigenvalue weighted by atomic mass is 10.1. The Morgan fingerprint density at radius 2 is 1.91 bits per heavy atom. The molecule has 0 aliphatic rings. The van der Waals surface area contributed by atoms with Gasteiger partial charge in [-0.2, -0.15) is 5.10 Å². The molecule has 0 fully saturated rings. The maximum absolute atomic E-state index is 10.6. The second-order valence-electron chi connectivity index (χ2n) is 5.98. The summed E-state index contributed by atoms with van der Waals surface area (Å²) in [5, 5.41) is 14.9. The van der Waals surface area contributed by atoms with Crippen molar-refractivity contribution in [1.29, 1.82) is 0 Å². The Hall–Kier alpha value is -2.47. The SMILES string of the molecule is CC(C)Cn1ncnc1Cn1ccnc1[C@H](O)c1ccccc1. The maximum atomic E-state index is 10.6. The van der Waals surface area contributed by atoms with Crippen LogP contribution in [0.25, 0.3) is 0 Å². The number of rotatable bonds is 6. The lowest BCUT2D eigenvalue weighted by Crippen LogP contribution is -2.16. The summed E-state index contributed by atoms with van der Waals surface area (Å²) in [7, 11) is 0. The Kier molecular flexibility index (Phi) is 4.52. The highest BCUT2D eigenvalue weighted by molar-refractivity contribution is 5.23. The van der Waals surface area contributed by atoms with Gasteiger partial charge in [0, 0.05) is 18.9 Å². The van der Waals surface area contributed by atoms with Crippen molar-refractivity contribution in [2.75, 3.05) is 0 Å². The molecule has 6 nitrogen and oxygen atoms in total. The third-order valence-corrected chi connectivity index (χ3v) is 3.65. The zero-order valence-electron chi connectivity index (χ0n) is 13.4. The molecule has 1 atom stereocenters. The van der Waals surface area contributed by atoms with Crippen molar-refractivity contribution in [2.24, 2.45) is 5.92 Å². The second-order valence-corrected chi connectivity index (χ2v) is 5.98. The van der Waals surface area contributed by atoms with E-state index in [2.05, 4.69) is 28.9 Å². The van der Waals surface area contributed by atoms with Gasteiger partial charge in [-0.05, 0) is 11.5 Å². The van der Waals surface area contributed by atoms with Crippen LogP contribution < -0.4 is 0 Å². The molecule has 6 heteroatoms. The quantitative estimate of drug-likeness (QED) is 0.758. The first-order valence-electron chi connectivity index (χ1n) is 7.76. The fraction of sp³-hybridized carbons (Fsp3) is 0.353. The van der Waals surface area contributed by atoms with Crippen molar-refractivity contribution in [3.63, 3.8) is 0 Å². The molecule has 3 rings (SSSR count). The van der Waals surface area contributed by atoms with Crippen LogP contribution in [0.1, 0.15) is 37.2 Å². The molecule has 0 spiro atoms. The summed E-state index contributed by atoms with van der Waals surface area (Å²) in [6, 6.07) is 9.53. The van der Waals surface area contributed by atoms with Crippen molar-refractivity contribution >= 4 is 0 Å². The molecular formula is C17H21N5O. The molecule has 0 amide bonds. The molecule has 1 aromatic carbocycles.